The molecule has 0 aromatic rings. The van der Waals surface area contributed by atoms with Gasteiger partial charge in [0.05, 0.1) is 0 Å². The van der Waals surface area contributed by atoms with Crippen molar-refractivity contribution >= 4 is 0 Å². The molecule has 2 heteroatoms. The lowest BCUT2D eigenvalue weighted by Crippen LogP contribution is -2.31. The van der Waals surface area contributed by atoms with Gasteiger partial charge >= 0.3 is 0 Å². The molecule has 2 N–H and O–H groups in total. The molecule has 1 aliphatic carbocycles. The standard InChI is InChI=1S/C8H12FN/c1-7-2-4-8(9,6-10)5-3-7/h2-4H,5-6,10H2,1H3. The van der Waals surface area contributed by atoms with E-state index < -0.39 is 5.67 Å². The Morgan fingerprint density at radius 3 is 2.90 bits per heavy atom. The summed E-state index contributed by atoms with van der Waals surface area (Å²) in [6.07, 6.45) is 5.61. The van der Waals surface area contributed by atoms with Crippen LogP contribution in [0.3, 0.4) is 0 Å². The molecule has 0 spiro atoms. The van der Waals surface area contributed by atoms with E-state index in [-0.39, 0.29) is 6.54 Å². The van der Waals surface area contributed by atoms with Crippen molar-refractivity contribution in [3.63, 3.8) is 0 Å². The molecule has 1 atom stereocenters. The zero-order valence-corrected chi connectivity index (χ0v) is 6.10. The van der Waals surface area contributed by atoms with E-state index in [0.717, 1.165) is 5.57 Å². The van der Waals surface area contributed by atoms with E-state index in [2.05, 4.69) is 0 Å². The van der Waals surface area contributed by atoms with Crippen LogP contribution in [0.4, 0.5) is 4.39 Å². The predicted molar refractivity (Wildman–Crippen MR) is 40.4 cm³/mol. The molecule has 0 heterocycles. The van der Waals surface area contributed by atoms with Gasteiger partial charge in [0.2, 0.25) is 0 Å². The second-order valence-corrected chi connectivity index (χ2v) is 2.72. The number of alkyl halides is 1. The van der Waals surface area contributed by atoms with E-state index in [1.165, 1.54) is 0 Å². The first-order chi connectivity index (χ1) is 4.66. The van der Waals surface area contributed by atoms with Crippen LogP contribution in [-0.4, -0.2) is 12.2 Å². The van der Waals surface area contributed by atoms with Crippen LogP contribution >= 0.6 is 0 Å². The van der Waals surface area contributed by atoms with Crippen LogP contribution in [0.25, 0.3) is 0 Å². The van der Waals surface area contributed by atoms with Crippen LogP contribution in [-0.2, 0) is 0 Å². The Labute approximate surface area is 60.4 Å². The Morgan fingerprint density at radius 2 is 2.50 bits per heavy atom. The quantitative estimate of drug-likeness (QED) is 0.589. The zero-order valence-electron chi connectivity index (χ0n) is 6.10. The van der Waals surface area contributed by atoms with Gasteiger partial charge in [-0.25, -0.2) is 4.39 Å². The van der Waals surface area contributed by atoms with Gasteiger partial charge in [0.15, 0.2) is 0 Å². The van der Waals surface area contributed by atoms with Gasteiger partial charge in [-0.05, 0) is 13.0 Å². The van der Waals surface area contributed by atoms with E-state index in [4.69, 9.17) is 5.73 Å². The minimum atomic E-state index is -1.28. The number of allylic oxidation sites excluding steroid dienone is 3. The first kappa shape index (κ1) is 7.48. The van der Waals surface area contributed by atoms with Crippen molar-refractivity contribution < 1.29 is 4.39 Å². The van der Waals surface area contributed by atoms with E-state index >= 15 is 0 Å². The lowest BCUT2D eigenvalue weighted by atomic mass is 9.95. The molecule has 1 nitrogen and oxygen atoms in total. The predicted octanol–water partition coefficient (Wildman–Crippen LogP) is 1.56. The fraction of sp³-hybridized carbons (Fsp3) is 0.500. The molecule has 0 bridgehead atoms. The smallest absolute Gasteiger partial charge is 0.145 e. The average Bonchev–Trinajstić information content (AvgIpc) is 1.96. The summed E-state index contributed by atoms with van der Waals surface area (Å²) < 4.78 is 13.2. The highest BCUT2D eigenvalue weighted by Crippen LogP contribution is 2.23. The molecule has 0 radical (unpaired) electrons. The maximum Gasteiger partial charge on any atom is 0.145 e. The zero-order chi connectivity index (χ0) is 7.61. The van der Waals surface area contributed by atoms with Crippen molar-refractivity contribution in [2.45, 2.75) is 19.0 Å². The second kappa shape index (κ2) is 2.54. The van der Waals surface area contributed by atoms with Crippen LogP contribution in [0, 0.1) is 0 Å². The van der Waals surface area contributed by atoms with E-state index in [1.54, 1.807) is 12.2 Å². The minimum Gasteiger partial charge on any atom is -0.327 e. The highest BCUT2D eigenvalue weighted by atomic mass is 19.1. The third-order valence-electron chi connectivity index (χ3n) is 1.75. The van der Waals surface area contributed by atoms with Crippen LogP contribution in [0.15, 0.2) is 23.8 Å². The summed E-state index contributed by atoms with van der Waals surface area (Å²) >= 11 is 0. The molecule has 0 saturated carbocycles. The molecule has 1 rings (SSSR count). The fourth-order valence-electron chi connectivity index (χ4n) is 0.899. The van der Waals surface area contributed by atoms with Crippen molar-refractivity contribution in [3.8, 4) is 0 Å². The molecule has 0 saturated heterocycles. The number of rotatable bonds is 1. The molecular weight excluding hydrogens is 129 g/mol. The fourth-order valence-corrected chi connectivity index (χ4v) is 0.899. The highest BCUT2D eigenvalue weighted by molar-refractivity contribution is 5.26. The summed E-state index contributed by atoms with van der Waals surface area (Å²) in [6.45, 7) is 2.03. The number of halogens is 1. The summed E-state index contributed by atoms with van der Waals surface area (Å²) in [6, 6.07) is 0. The Kier molecular flexibility index (Phi) is 1.90. The van der Waals surface area contributed by atoms with Crippen LogP contribution < -0.4 is 5.73 Å². The van der Waals surface area contributed by atoms with Crippen molar-refractivity contribution in [3.05, 3.63) is 23.8 Å². The van der Waals surface area contributed by atoms with Gasteiger partial charge < -0.3 is 5.73 Å². The first-order valence-electron chi connectivity index (χ1n) is 3.41. The number of hydrogen-bond acceptors (Lipinski definition) is 1. The van der Waals surface area contributed by atoms with Gasteiger partial charge in [-0.1, -0.05) is 17.7 Å². The topological polar surface area (TPSA) is 26.0 Å². The van der Waals surface area contributed by atoms with Gasteiger partial charge in [-0.3, -0.25) is 0 Å². The number of nitrogens with two attached hydrogens (primary N) is 1. The van der Waals surface area contributed by atoms with Crippen molar-refractivity contribution in [2.75, 3.05) is 6.54 Å². The maximum atomic E-state index is 13.2. The number of hydrogen-bond donors (Lipinski definition) is 1. The largest absolute Gasteiger partial charge is 0.327 e. The Hall–Kier alpha value is -0.630. The van der Waals surface area contributed by atoms with Crippen molar-refractivity contribution in [2.24, 2.45) is 5.73 Å². The van der Waals surface area contributed by atoms with Crippen molar-refractivity contribution in [1.29, 1.82) is 0 Å². The molecule has 1 unspecified atom stereocenters. The Morgan fingerprint density at radius 1 is 1.80 bits per heavy atom. The molecule has 10 heavy (non-hydrogen) atoms. The molecule has 1 aliphatic rings. The van der Waals surface area contributed by atoms with Crippen LogP contribution in [0.2, 0.25) is 0 Å². The summed E-state index contributed by atoms with van der Waals surface area (Å²) in [5.41, 5.74) is 5.06. The third kappa shape index (κ3) is 1.45. The molecule has 0 aromatic heterocycles. The molecular formula is C8H12FN. The van der Waals surface area contributed by atoms with E-state index in [1.807, 2.05) is 13.0 Å². The van der Waals surface area contributed by atoms with Gasteiger partial charge in [-0.15, -0.1) is 0 Å². The molecule has 56 valence electrons. The van der Waals surface area contributed by atoms with Gasteiger partial charge in [0, 0.05) is 13.0 Å². The summed E-state index contributed by atoms with van der Waals surface area (Å²) in [5.74, 6) is 0. The van der Waals surface area contributed by atoms with Gasteiger partial charge in [0.1, 0.15) is 5.67 Å². The third-order valence-corrected chi connectivity index (χ3v) is 1.75. The second-order valence-electron chi connectivity index (χ2n) is 2.72. The van der Waals surface area contributed by atoms with E-state index in [9.17, 15) is 4.39 Å². The summed E-state index contributed by atoms with van der Waals surface area (Å²) in [5, 5.41) is 0. The summed E-state index contributed by atoms with van der Waals surface area (Å²) in [4.78, 5) is 0. The summed E-state index contributed by atoms with van der Waals surface area (Å²) in [7, 11) is 0. The van der Waals surface area contributed by atoms with E-state index in [0.29, 0.717) is 6.42 Å². The van der Waals surface area contributed by atoms with Crippen LogP contribution in [0.1, 0.15) is 13.3 Å². The SMILES string of the molecule is CC1=CCC(F)(CN)C=C1. The first-order valence-corrected chi connectivity index (χ1v) is 3.41. The average molecular weight is 141 g/mol. The molecule has 0 fully saturated rings. The molecule has 0 amide bonds. The highest BCUT2D eigenvalue weighted by Gasteiger charge is 2.24. The van der Waals surface area contributed by atoms with Gasteiger partial charge in [-0.2, -0.15) is 0 Å². The Balaban J connectivity index is 2.67. The maximum absolute atomic E-state index is 13.2. The molecule has 0 aromatic carbocycles. The monoisotopic (exact) mass is 141 g/mol. The van der Waals surface area contributed by atoms with Crippen molar-refractivity contribution in [1.82, 2.24) is 0 Å². The minimum absolute atomic E-state index is 0.0767. The normalized spacial score (nSPS) is 32.1. The lowest BCUT2D eigenvalue weighted by Gasteiger charge is -2.20. The molecule has 0 aliphatic heterocycles. The van der Waals surface area contributed by atoms with Crippen LogP contribution in [0.5, 0.6) is 0 Å². The lowest BCUT2D eigenvalue weighted by molar-refractivity contribution is 0.241. The Bertz CT molecular complexity index is 184. The van der Waals surface area contributed by atoms with Gasteiger partial charge in [0.25, 0.3) is 0 Å².